The van der Waals surface area contributed by atoms with Crippen LogP contribution in [0.1, 0.15) is 79.2 Å². The number of terminal acetylenes is 1. The summed E-state index contributed by atoms with van der Waals surface area (Å²) in [6.45, 7) is 19.2. The number of nitrogens with two attached hydrogens (primary N) is 1. The number of rotatable bonds is 20. The standard InChI is InChI=1S/C44H63NO6Si2/c1-11-12-26-40(49-42(45)46)41(51-53(44(5,6)7,38-22-15-13-16-23-38)39-24-17-14-18-25-39)32-31-37(50-52(9,10)43(2,3)4)21-19-20-33-48-34-35-27-29-36(47-8)30-28-35/h1,13-18,22-25,27-32,37,40-41H,12,19-21,26,33-34H2,2-10H3,(H2,45,46)/b32-31+/t37-,40-,41-/m0/s1. The van der Waals surface area contributed by atoms with Crippen LogP contribution in [0.4, 0.5) is 4.79 Å². The largest absolute Gasteiger partial charge is 0.497 e. The summed E-state index contributed by atoms with van der Waals surface area (Å²) in [6, 6.07) is 28.8. The summed E-state index contributed by atoms with van der Waals surface area (Å²) in [5, 5.41) is 1.94. The summed E-state index contributed by atoms with van der Waals surface area (Å²) in [4.78, 5) is 12.4. The van der Waals surface area contributed by atoms with Crippen molar-refractivity contribution in [3.8, 4) is 18.1 Å². The quantitative estimate of drug-likeness (QED) is 0.0536. The molecule has 0 aliphatic carbocycles. The summed E-state index contributed by atoms with van der Waals surface area (Å²) in [5.41, 5.74) is 6.81. The highest BCUT2D eigenvalue weighted by Gasteiger charge is 2.52. The first-order valence-electron chi connectivity index (χ1n) is 18.8. The molecule has 7 nitrogen and oxygen atoms in total. The summed E-state index contributed by atoms with van der Waals surface area (Å²) in [5.74, 6) is 3.55. The number of amides is 1. The van der Waals surface area contributed by atoms with Crippen molar-refractivity contribution in [1.29, 1.82) is 0 Å². The minimum atomic E-state index is -3.08. The van der Waals surface area contributed by atoms with Crippen LogP contribution in [-0.4, -0.2) is 54.8 Å². The third-order valence-electron chi connectivity index (χ3n) is 10.2. The molecule has 0 bridgehead atoms. The maximum Gasteiger partial charge on any atom is 0.404 e. The molecule has 0 fully saturated rings. The summed E-state index contributed by atoms with van der Waals surface area (Å²) >= 11 is 0. The van der Waals surface area contributed by atoms with Gasteiger partial charge in [0.2, 0.25) is 0 Å². The molecule has 0 spiro atoms. The normalized spacial score (nSPS) is 14.3. The van der Waals surface area contributed by atoms with E-state index in [0.717, 1.165) is 40.9 Å². The molecule has 3 rings (SSSR count). The Balaban J connectivity index is 2.00. The van der Waals surface area contributed by atoms with Gasteiger partial charge >= 0.3 is 6.09 Å². The first-order chi connectivity index (χ1) is 25.0. The van der Waals surface area contributed by atoms with Crippen molar-refractivity contribution in [2.75, 3.05) is 13.7 Å². The van der Waals surface area contributed by atoms with Crippen molar-refractivity contribution in [1.82, 2.24) is 0 Å². The third-order valence-corrected chi connectivity index (χ3v) is 19.7. The van der Waals surface area contributed by atoms with Gasteiger partial charge in [0.1, 0.15) is 18.0 Å². The molecular formula is C44H63NO6Si2. The molecule has 0 saturated heterocycles. The number of hydrogen-bond donors (Lipinski definition) is 1. The Morgan fingerprint density at radius 3 is 1.89 bits per heavy atom. The lowest BCUT2D eigenvalue weighted by Crippen LogP contribution is -2.68. The summed E-state index contributed by atoms with van der Waals surface area (Å²) in [6.07, 6.45) is 10.9. The van der Waals surface area contributed by atoms with E-state index in [-0.39, 0.29) is 16.2 Å². The second-order valence-electron chi connectivity index (χ2n) is 16.2. The Labute approximate surface area is 321 Å². The molecule has 3 aromatic rings. The van der Waals surface area contributed by atoms with Gasteiger partial charge in [0.25, 0.3) is 8.32 Å². The summed E-state index contributed by atoms with van der Waals surface area (Å²) < 4.78 is 31.8. The monoisotopic (exact) mass is 757 g/mol. The van der Waals surface area contributed by atoms with Crippen molar-refractivity contribution < 1.29 is 27.9 Å². The molecule has 0 aliphatic rings. The van der Waals surface area contributed by atoms with Crippen LogP contribution in [-0.2, 0) is 24.9 Å². The smallest absolute Gasteiger partial charge is 0.404 e. The highest BCUT2D eigenvalue weighted by atomic mass is 28.4. The van der Waals surface area contributed by atoms with Crippen LogP contribution in [0.25, 0.3) is 0 Å². The van der Waals surface area contributed by atoms with Crippen molar-refractivity contribution in [3.05, 3.63) is 103 Å². The van der Waals surface area contributed by atoms with Gasteiger partial charge in [-0.05, 0) is 76.9 Å². The summed E-state index contributed by atoms with van der Waals surface area (Å²) in [7, 11) is -3.59. The number of methoxy groups -OCH3 is 1. The fourth-order valence-electron chi connectivity index (χ4n) is 6.24. The first kappa shape index (κ1) is 43.7. The molecule has 3 atom stereocenters. The lowest BCUT2D eigenvalue weighted by Gasteiger charge is -2.45. The van der Waals surface area contributed by atoms with Crippen LogP contribution in [0.15, 0.2) is 97.1 Å². The van der Waals surface area contributed by atoms with E-state index in [1.54, 1.807) is 7.11 Å². The van der Waals surface area contributed by atoms with Gasteiger partial charge in [-0.25, -0.2) is 4.79 Å². The molecule has 0 radical (unpaired) electrons. The lowest BCUT2D eigenvalue weighted by atomic mass is 10.1. The van der Waals surface area contributed by atoms with Gasteiger partial charge < -0.3 is 28.8 Å². The average Bonchev–Trinajstić information content (AvgIpc) is 3.11. The second kappa shape index (κ2) is 20.1. The molecule has 288 valence electrons. The van der Waals surface area contributed by atoms with Gasteiger partial charge in [-0.15, -0.1) is 12.3 Å². The van der Waals surface area contributed by atoms with Crippen molar-refractivity contribution in [2.24, 2.45) is 5.73 Å². The van der Waals surface area contributed by atoms with E-state index in [4.69, 9.17) is 35.2 Å². The topological polar surface area (TPSA) is 89.2 Å². The third kappa shape index (κ3) is 12.7. The van der Waals surface area contributed by atoms with Crippen LogP contribution in [0.3, 0.4) is 0 Å². The number of hydrogen-bond acceptors (Lipinski definition) is 6. The Bertz CT molecular complexity index is 1550. The molecular weight excluding hydrogens is 695 g/mol. The minimum absolute atomic E-state index is 0.00972. The van der Waals surface area contributed by atoms with Crippen LogP contribution in [0, 0.1) is 12.3 Å². The van der Waals surface area contributed by atoms with E-state index in [1.807, 2.05) is 42.5 Å². The predicted molar refractivity (Wildman–Crippen MR) is 223 cm³/mol. The molecule has 0 unspecified atom stereocenters. The average molecular weight is 758 g/mol. The van der Waals surface area contributed by atoms with Crippen molar-refractivity contribution in [3.63, 3.8) is 0 Å². The Morgan fingerprint density at radius 1 is 0.811 bits per heavy atom. The molecule has 3 aromatic carbocycles. The van der Waals surface area contributed by atoms with Gasteiger partial charge in [-0.2, -0.15) is 0 Å². The van der Waals surface area contributed by atoms with Gasteiger partial charge in [-0.1, -0.05) is 126 Å². The van der Waals surface area contributed by atoms with Crippen LogP contribution >= 0.6 is 0 Å². The fraction of sp³-hybridized carbons (Fsp3) is 0.477. The zero-order chi connectivity index (χ0) is 39.1. The minimum Gasteiger partial charge on any atom is -0.497 e. The van der Waals surface area contributed by atoms with E-state index in [9.17, 15) is 4.79 Å². The fourth-order valence-corrected chi connectivity index (χ4v) is 12.2. The highest BCUT2D eigenvalue weighted by Crippen LogP contribution is 2.40. The number of carbonyl (C=O) groups is 1. The molecule has 1 amide bonds. The number of benzene rings is 3. The second-order valence-corrected chi connectivity index (χ2v) is 25.2. The maximum atomic E-state index is 12.4. The molecule has 0 aliphatic heterocycles. The van der Waals surface area contributed by atoms with E-state index in [0.29, 0.717) is 26.1 Å². The maximum absolute atomic E-state index is 12.4. The molecule has 2 N–H and O–H groups in total. The van der Waals surface area contributed by atoms with E-state index in [1.165, 1.54) is 0 Å². The van der Waals surface area contributed by atoms with Crippen molar-refractivity contribution >= 4 is 33.1 Å². The SMILES string of the molecule is C#CCC[C@H](OC(N)=O)[C@H](/C=C/[C@H](CCCCOCc1ccc(OC)cc1)O[Si](C)(C)C(C)(C)C)O[Si](c1ccccc1)(c1ccccc1)C(C)(C)C. The number of carbonyl (C=O) groups excluding carboxylic acids is 1. The predicted octanol–water partition coefficient (Wildman–Crippen LogP) is 9.15. The lowest BCUT2D eigenvalue weighted by molar-refractivity contribution is 0.0326. The zero-order valence-electron chi connectivity index (χ0n) is 33.5. The Morgan fingerprint density at radius 2 is 1.40 bits per heavy atom. The highest BCUT2D eigenvalue weighted by molar-refractivity contribution is 6.99. The number of primary amides is 1. The van der Waals surface area contributed by atoms with Crippen molar-refractivity contribution in [2.45, 2.75) is 122 Å². The van der Waals surface area contributed by atoms with Gasteiger partial charge in [0, 0.05) is 13.0 Å². The Kier molecular flexibility index (Phi) is 16.6. The Hall–Kier alpha value is -3.66. The molecule has 53 heavy (non-hydrogen) atoms. The van der Waals surface area contributed by atoms with Crippen LogP contribution in [0.5, 0.6) is 5.75 Å². The van der Waals surface area contributed by atoms with E-state index >= 15 is 0 Å². The van der Waals surface area contributed by atoms with Crippen LogP contribution in [0.2, 0.25) is 23.2 Å². The number of unbranched alkanes of at least 4 members (excludes halogenated alkanes) is 1. The molecule has 0 saturated carbocycles. The van der Waals surface area contributed by atoms with Gasteiger partial charge in [0.15, 0.2) is 8.32 Å². The van der Waals surface area contributed by atoms with E-state index < -0.39 is 34.9 Å². The van der Waals surface area contributed by atoms with Crippen LogP contribution < -0.4 is 20.8 Å². The zero-order valence-corrected chi connectivity index (χ0v) is 35.5. The molecule has 0 aromatic heterocycles. The molecule has 0 heterocycles. The van der Waals surface area contributed by atoms with Gasteiger partial charge in [-0.3, -0.25) is 0 Å². The van der Waals surface area contributed by atoms with Gasteiger partial charge in [0.05, 0.1) is 19.8 Å². The number of ether oxygens (including phenoxy) is 3. The first-order valence-corrected chi connectivity index (χ1v) is 23.6. The molecule has 9 heteroatoms. The van der Waals surface area contributed by atoms with E-state index in [2.05, 4.69) is 115 Å².